The third kappa shape index (κ3) is 3.60. The molecule has 0 bridgehead atoms. The summed E-state index contributed by atoms with van der Waals surface area (Å²) in [6.07, 6.45) is 2.15. The smallest absolute Gasteiger partial charge is 0.287 e. The molecule has 1 aliphatic carbocycles. The molecule has 25 heavy (non-hydrogen) atoms. The summed E-state index contributed by atoms with van der Waals surface area (Å²) in [5, 5.41) is 15.7. The van der Waals surface area contributed by atoms with Crippen LogP contribution in [-0.4, -0.2) is 23.4 Å². The average molecular weight is 340 g/mol. The molecule has 5 nitrogen and oxygen atoms in total. The molecule has 0 saturated heterocycles. The maximum atomic E-state index is 12.5. The Morgan fingerprint density at radius 3 is 2.68 bits per heavy atom. The molecule has 0 spiro atoms. The highest BCUT2D eigenvalue weighted by Gasteiger charge is 2.36. The minimum Gasteiger partial charge on any atom is -0.455 e. The van der Waals surface area contributed by atoms with Crippen LogP contribution in [0.4, 0.5) is 0 Å². The van der Waals surface area contributed by atoms with E-state index < -0.39 is 0 Å². The number of furan rings is 1. The van der Waals surface area contributed by atoms with Gasteiger partial charge in [0.05, 0.1) is 5.71 Å². The second kappa shape index (κ2) is 6.75. The molecule has 1 heterocycles. The molecule has 0 fully saturated rings. The number of carbonyl (C=O) groups is 1. The lowest BCUT2D eigenvalue weighted by Gasteiger charge is -2.28. The molecule has 1 aliphatic rings. The van der Waals surface area contributed by atoms with Crippen molar-refractivity contribution in [2.75, 3.05) is 6.54 Å². The van der Waals surface area contributed by atoms with E-state index in [9.17, 15) is 10.0 Å². The van der Waals surface area contributed by atoms with Crippen LogP contribution in [0.25, 0.3) is 0 Å². The Bertz CT molecular complexity index is 804. The Balaban J connectivity index is 1.75. The quantitative estimate of drug-likeness (QED) is 0.658. The first-order valence-corrected chi connectivity index (χ1v) is 8.57. The second-order valence-electron chi connectivity index (χ2n) is 7.41. The summed E-state index contributed by atoms with van der Waals surface area (Å²) >= 11 is 0. The van der Waals surface area contributed by atoms with Gasteiger partial charge in [-0.25, -0.2) is 0 Å². The summed E-state index contributed by atoms with van der Waals surface area (Å²) in [4.78, 5) is 12.5. The zero-order chi connectivity index (χ0) is 18.0. The fourth-order valence-corrected chi connectivity index (χ4v) is 3.46. The highest BCUT2D eigenvalue weighted by molar-refractivity contribution is 6.06. The van der Waals surface area contributed by atoms with Gasteiger partial charge in [-0.1, -0.05) is 49.3 Å². The van der Waals surface area contributed by atoms with Crippen LogP contribution in [0.15, 0.2) is 39.9 Å². The number of oxime groups is 1. The summed E-state index contributed by atoms with van der Waals surface area (Å²) in [5.41, 5.74) is 3.25. The number of fused-ring (bicyclic) bond motifs is 1. The maximum Gasteiger partial charge on any atom is 0.287 e. The summed E-state index contributed by atoms with van der Waals surface area (Å²) in [6.45, 7) is 6.58. The molecule has 0 radical (unpaired) electrons. The average Bonchev–Trinajstić information content (AvgIpc) is 2.90. The van der Waals surface area contributed by atoms with Gasteiger partial charge in [-0.3, -0.25) is 4.79 Å². The van der Waals surface area contributed by atoms with Crippen LogP contribution in [0.5, 0.6) is 0 Å². The van der Waals surface area contributed by atoms with Crippen molar-refractivity contribution in [3.05, 3.63) is 58.5 Å². The highest BCUT2D eigenvalue weighted by atomic mass is 16.4. The molecule has 132 valence electrons. The van der Waals surface area contributed by atoms with Gasteiger partial charge in [0.2, 0.25) is 0 Å². The predicted octanol–water partition coefficient (Wildman–Crippen LogP) is 3.71. The van der Waals surface area contributed by atoms with E-state index in [0.717, 1.165) is 29.7 Å². The second-order valence-corrected chi connectivity index (χ2v) is 7.41. The highest BCUT2D eigenvalue weighted by Crippen LogP contribution is 2.38. The van der Waals surface area contributed by atoms with Gasteiger partial charge >= 0.3 is 0 Å². The van der Waals surface area contributed by atoms with E-state index in [4.69, 9.17) is 4.42 Å². The van der Waals surface area contributed by atoms with E-state index in [0.29, 0.717) is 24.4 Å². The number of hydrogen-bond acceptors (Lipinski definition) is 4. The Kier molecular flexibility index (Phi) is 4.66. The van der Waals surface area contributed by atoms with Crippen molar-refractivity contribution in [2.45, 2.75) is 40.0 Å². The van der Waals surface area contributed by atoms with Crippen molar-refractivity contribution in [2.24, 2.45) is 10.6 Å². The molecule has 2 aromatic rings. The van der Waals surface area contributed by atoms with Gasteiger partial charge in [0.15, 0.2) is 5.76 Å². The zero-order valence-electron chi connectivity index (χ0n) is 14.9. The van der Waals surface area contributed by atoms with E-state index in [2.05, 4.69) is 24.3 Å². The number of benzene rings is 1. The summed E-state index contributed by atoms with van der Waals surface area (Å²) in [5.74, 6) is 0.824. The fourth-order valence-electron chi connectivity index (χ4n) is 3.46. The van der Waals surface area contributed by atoms with Crippen molar-refractivity contribution in [1.82, 2.24) is 5.32 Å². The number of hydrogen-bond donors (Lipinski definition) is 2. The summed E-state index contributed by atoms with van der Waals surface area (Å²) < 4.78 is 5.87. The van der Waals surface area contributed by atoms with Gasteiger partial charge < -0.3 is 14.9 Å². The lowest BCUT2D eigenvalue weighted by Crippen LogP contribution is -2.27. The van der Waals surface area contributed by atoms with Gasteiger partial charge in [-0.2, -0.15) is 0 Å². The molecule has 3 rings (SSSR count). The normalized spacial score (nSPS) is 17.3. The first kappa shape index (κ1) is 17.3. The maximum absolute atomic E-state index is 12.5. The minimum absolute atomic E-state index is 0.0556. The number of nitrogens with zero attached hydrogens (tertiary/aromatic N) is 1. The largest absolute Gasteiger partial charge is 0.455 e. The van der Waals surface area contributed by atoms with E-state index in [1.165, 1.54) is 5.56 Å². The molecule has 0 aliphatic heterocycles. The summed E-state index contributed by atoms with van der Waals surface area (Å²) in [7, 11) is 0. The van der Waals surface area contributed by atoms with Gasteiger partial charge in [-0.05, 0) is 30.7 Å². The van der Waals surface area contributed by atoms with Gasteiger partial charge in [0.1, 0.15) is 5.76 Å². The zero-order valence-corrected chi connectivity index (χ0v) is 14.9. The molecule has 2 N–H and O–H groups in total. The lowest BCUT2D eigenvalue weighted by molar-refractivity contribution is 0.0922. The number of amides is 1. The molecule has 1 aromatic heterocycles. The Morgan fingerprint density at radius 1 is 1.28 bits per heavy atom. The first-order chi connectivity index (χ1) is 11.9. The molecular formula is C20H24N2O3. The minimum atomic E-state index is -0.224. The van der Waals surface area contributed by atoms with E-state index in [1.807, 2.05) is 37.3 Å². The van der Waals surface area contributed by atoms with Crippen LogP contribution < -0.4 is 5.32 Å². The van der Waals surface area contributed by atoms with Gasteiger partial charge in [0.25, 0.3) is 5.91 Å². The fraction of sp³-hybridized carbons (Fsp3) is 0.400. The van der Waals surface area contributed by atoms with Crippen LogP contribution in [0, 0.1) is 12.3 Å². The standard InChI is InChI=1S/C20H24N2O3/c1-13-17-15(22-24)11-20(2,3)12-16(17)25-18(13)19(23)21-10-9-14-7-5-4-6-8-14/h4-8,24H,9-12H2,1-3H3,(H,21,23)/b22-15-. The van der Waals surface area contributed by atoms with Crippen molar-refractivity contribution < 1.29 is 14.4 Å². The third-order valence-corrected chi connectivity index (χ3v) is 4.66. The van der Waals surface area contributed by atoms with Gasteiger partial charge in [-0.15, -0.1) is 0 Å². The topological polar surface area (TPSA) is 74.8 Å². The van der Waals surface area contributed by atoms with Crippen molar-refractivity contribution >= 4 is 11.6 Å². The SMILES string of the molecule is Cc1c(C(=O)NCCc2ccccc2)oc2c1/C(=N\O)CC(C)(C)C2. The Morgan fingerprint density at radius 2 is 2.00 bits per heavy atom. The molecule has 0 atom stereocenters. The first-order valence-electron chi connectivity index (χ1n) is 8.57. The van der Waals surface area contributed by atoms with Crippen molar-refractivity contribution in [1.29, 1.82) is 0 Å². The molecule has 0 unspecified atom stereocenters. The van der Waals surface area contributed by atoms with Crippen LogP contribution >= 0.6 is 0 Å². The number of rotatable bonds is 4. The monoisotopic (exact) mass is 340 g/mol. The third-order valence-electron chi connectivity index (χ3n) is 4.66. The van der Waals surface area contributed by atoms with Crippen molar-refractivity contribution in [3.8, 4) is 0 Å². The molecule has 0 saturated carbocycles. The van der Waals surface area contributed by atoms with Gasteiger partial charge in [0, 0.05) is 24.1 Å². The lowest BCUT2D eigenvalue weighted by atomic mass is 9.75. The van der Waals surface area contributed by atoms with Crippen LogP contribution in [-0.2, 0) is 12.8 Å². The number of nitrogens with one attached hydrogen (secondary N) is 1. The van der Waals surface area contributed by atoms with E-state index in [-0.39, 0.29) is 11.3 Å². The predicted molar refractivity (Wildman–Crippen MR) is 96.3 cm³/mol. The molecule has 1 aromatic carbocycles. The molecular weight excluding hydrogens is 316 g/mol. The van der Waals surface area contributed by atoms with Crippen LogP contribution in [0.1, 0.15) is 53.3 Å². The number of carbonyl (C=O) groups excluding carboxylic acids is 1. The molecule has 1 amide bonds. The van der Waals surface area contributed by atoms with E-state index in [1.54, 1.807) is 0 Å². The van der Waals surface area contributed by atoms with Crippen LogP contribution in [0.2, 0.25) is 0 Å². The summed E-state index contributed by atoms with van der Waals surface area (Å²) in [6, 6.07) is 10.0. The Hall–Kier alpha value is -2.56. The Labute approximate surface area is 147 Å². The van der Waals surface area contributed by atoms with Crippen LogP contribution in [0.3, 0.4) is 0 Å². The molecule has 5 heteroatoms. The van der Waals surface area contributed by atoms with Crippen molar-refractivity contribution in [3.63, 3.8) is 0 Å². The van der Waals surface area contributed by atoms with E-state index >= 15 is 0 Å².